The molecule has 2 aromatic carbocycles. The third-order valence-corrected chi connectivity index (χ3v) is 4.24. The largest absolute Gasteiger partial charge is 0.284 e. The average molecular weight is 330 g/mol. The lowest BCUT2D eigenvalue weighted by atomic mass is 10.2. The van der Waals surface area contributed by atoms with Crippen LogP contribution >= 0.6 is 11.8 Å². The van der Waals surface area contributed by atoms with E-state index < -0.39 is 10.0 Å². The Morgan fingerprint density at radius 3 is 2.55 bits per heavy atom. The summed E-state index contributed by atoms with van der Waals surface area (Å²) in [5.41, 5.74) is 1.37. The number of nitrogens with one attached hydrogen (secondary N) is 1. The Morgan fingerprint density at radius 2 is 1.82 bits per heavy atom. The van der Waals surface area contributed by atoms with Gasteiger partial charge in [0.25, 0.3) is 0 Å². The number of fused-ring (bicyclic) bond motifs is 1. The van der Waals surface area contributed by atoms with Crippen LogP contribution in [0, 0.1) is 6.20 Å². The molecule has 22 heavy (non-hydrogen) atoms. The second-order valence-electron chi connectivity index (χ2n) is 4.64. The highest BCUT2D eigenvalue weighted by molar-refractivity contribution is 7.99. The fourth-order valence-corrected chi connectivity index (χ4v) is 3.14. The number of sulfonamides is 1. The molecule has 0 spiro atoms. The molecule has 111 valence electrons. The van der Waals surface area contributed by atoms with Gasteiger partial charge in [-0.1, -0.05) is 18.2 Å². The second-order valence-corrected chi connectivity index (χ2v) is 7.42. The van der Waals surface area contributed by atoms with Crippen LogP contribution in [0.3, 0.4) is 0 Å². The van der Waals surface area contributed by atoms with Crippen LogP contribution in [0.15, 0.2) is 58.6 Å². The van der Waals surface area contributed by atoms with Crippen molar-refractivity contribution < 1.29 is 8.42 Å². The Bertz CT molecular complexity index is 909. The van der Waals surface area contributed by atoms with Crippen molar-refractivity contribution in [2.75, 3.05) is 11.0 Å². The van der Waals surface area contributed by atoms with Gasteiger partial charge in [-0.05, 0) is 42.1 Å². The van der Waals surface area contributed by atoms with Crippen LogP contribution in [0.25, 0.3) is 10.9 Å². The van der Waals surface area contributed by atoms with Crippen molar-refractivity contribution in [3.05, 3.63) is 54.7 Å². The van der Waals surface area contributed by atoms with Crippen LogP contribution in [0.1, 0.15) is 0 Å². The van der Waals surface area contributed by atoms with Gasteiger partial charge in [-0.3, -0.25) is 4.72 Å². The third-order valence-electron chi connectivity index (χ3n) is 2.76. The molecule has 0 unspecified atom stereocenters. The number of rotatable bonds is 4. The zero-order valence-corrected chi connectivity index (χ0v) is 13.3. The molecule has 0 bridgehead atoms. The molecule has 0 saturated carbocycles. The van der Waals surface area contributed by atoms with E-state index in [2.05, 4.69) is 20.9 Å². The van der Waals surface area contributed by atoms with Gasteiger partial charge in [0.05, 0.1) is 11.8 Å². The summed E-state index contributed by atoms with van der Waals surface area (Å²) in [7, 11) is -3.26. The maximum atomic E-state index is 11.2. The van der Waals surface area contributed by atoms with Gasteiger partial charge in [0.2, 0.25) is 10.0 Å². The van der Waals surface area contributed by atoms with E-state index in [1.165, 1.54) is 11.8 Å². The van der Waals surface area contributed by atoms with Gasteiger partial charge in [0.15, 0.2) is 5.16 Å². The van der Waals surface area contributed by atoms with Crippen molar-refractivity contribution in [3.8, 4) is 0 Å². The Balaban J connectivity index is 1.79. The van der Waals surface area contributed by atoms with E-state index in [1.54, 1.807) is 12.1 Å². The zero-order chi connectivity index (χ0) is 15.6. The number of aromatic nitrogens is 2. The summed E-state index contributed by atoms with van der Waals surface area (Å²) >= 11 is 1.40. The lowest BCUT2D eigenvalue weighted by Gasteiger charge is -2.05. The van der Waals surface area contributed by atoms with E-state index in [1.807, 2.05) is 36.4 Å². The van der Waals surface area contributed by atoms with E-state index in [-0.39, 0.29) is 0 Å². The van der Waals surface area contributed by atoms with Gasteiger partial charge in [-0.2, -0.15) is 0 Å². The van der Waals surface area contributed by atoms with Gasteiger partial charge in [-0.15, -0.1) is 0 Å². The summed E-state index contributed by atoms with van der Waals surface area (Å²) in [4.78, 5) is 9.58. The molecule has 1 aromatic heterocycles. The molecule has 0 aliphatic heterocycles. The first-order chi connectivity index (χ1) is 10.5. The number of hydrogen-bond donors (Lipinski definition) is 1. The second kappa shape index (κ2) is 5.94. The van der Waals surface area contributed by atoms with Gasteiger partial charge >= 0.3 is 0 Å². The van der Waals surface area contributed by atoms with Crippen molar-refractivity contribution in [2.24, 2.45) is 0 Å². The molecule has 1 radical (unpaired) electrons. The molecule has 7 heteroatoms. The van der Waals surface area contributed by atoms with E-state index in [0.29, 0.717) is 10.8 Å². The van der Waals surface area contributed by atoms with E-state index >= 15 is 0 Å². The summed E-state index contributed by atoms with van der Waals surface area (Å²) in [6.07, 6.45) is 4.08. The first kappa shape index (κ1) is 14.8. The van der Waals surface area contributed by atoms with Gasteiger partial charge < -0.3 is 0 Å². The number of nitrogens with zero attached hydrogens (tertiary/aromatic N) is 2. The van der Waals surface area contributed by atoms with Crippen molar-refractivity contribution in [2.45, 2.75) is 10.1 Å². The van der Waals surface area contributed by atoms with Gasteiger partial charge in [0.1, 0.15) is 6.20 Å². The van der Waals surface area contributed by atoms with E-state index in [0.717, 1.165) is 22.1 Å². The van der Waals surface area contributed by atoms with Crippen LogP contribution < -0.4 is 4.72 Å². The molecule has 0 amide bonds. The molecule has 0 saturated heterocycles. The molecule has 0 aliphatic rings. The monoisotopic (exact) mass is 330 g/mol. The van der Waals surface area contributed by atoms with Crippen molar-refractivity contribution in [1.29, 1.82) is 0 Å². The Labute approximate surface area is 132 Å². The predicted octanol–water partition coefficient (Wildman–Crippen LogP) is 2.95. The highest BCUT2D eigenvalue weighted by atomic mass is 32.2. The lowest BCUT2D eigenvalue weighted by molar-refractivity contribution is 0.607. The highest BCUT2D eigenvalue weighted by Gasteiger charge is 2.05. The summed E-state index contributed by atoms with van der Waals surface area (Å²) in [6, 6.07) is 14.7. The van der Waals surface area contributed by atoms with Crippen LogP contribution in [0.2, 0.25) is 0 Å². The first-order valence-corrected chi connectivity index (χ1v) is 9.11. The fraction of sp³-hybridized carbons (Fsp3) is 0.0667. The molecule has 3 aromatic rings. The summed E-state index contributed by atoms with van der Waals surface area (Å²) in [5, 5.41) is 1.47. The minimum absolute atomic E-state index is 0.526. The minimum atomic E-state index is -3.26. The number of para-hydroxylation sites is 1. The lowest BCUT2D eigenvalue weighted by Crippen LogP contribution is -2.09. The summed E-state index contributed by atoms with van der Waals surface area (Å²) < 4.78 is 24.7. The molecule has 1 heterocycles. The minimum Gasteiger partial charge on any atom is -0.284 e. The summed E-state index contributed by atoms with van der Waals surface area (Å²) in [6.45, 7) is 0. The normalized spacial score (nSPS) is 11.5. The predicted molar refractivity (Wildman–Crippen MR) is 87.4 cm³/mol. The van der Waals surface area contributed by atoms with Crippen LogP contribution in [-0.4, -0.2) is 24.6 Å². The molecule has 0 atom stereocenters. The molecule has 0 fully saturated rings. The van der Waals surface area contributed by atoms with Crippen molar-refractivity contribution in [3.63, 3.8) is 0 Å². The van der Waals surface area contributed by atoms with Crippen molar-refractivity contribution >= 4 is 38.4 Å². The fourth-order valence-electron chi connectivity index (χ4n) is 1.86. The molecule has 3 rings (SSSR count). The topological polar surface area (TPSA) is 72.0 Å². The SMILES string of the molecule is CS(=O)(=O)Nc1ccc(Sc2n[c]c3ccccc3n2)cc1. The molecule has 0 aliphatic carbocycles. The Kier molecular flexibility index (Phi) is 4.00. The van der Waals surface area contributed by atoms with Crippen LogP contribution in [-0.2, 0) is 10.0 Å². The maximum absolute atomic E-state index is 11.2. The van der Waals surface area contributed by atoms with E-state index in [9.17, 15) is 8.42 Å². The molecule has 1 N–H and O–H groups in total. The average Bonchev–Trinajstić information content (AvgIpc) is 2.48. The highest BCUT2D eigenvalue weighted by Crippen LogP contribution is 2.26. The summed E-state index contributed by atoms with van der Waals surface area (Å²) in [5.74, 6) is 0. The maximum Gasteiger partial charge on any atom is 0.229 e. The molecular formula is C15H12N3O2S2. The quantitative estimate of drug-likeness (QED) is 0.745. The zero-order valence-electron chi connectivity index (χ0n) is 11.6. The smallest absolute Gasteiger partial charge is 0.229 e. The van der Waals surface area contributed by atoms with Crippen LogP contribution in [0.4, 0.5) is 5.69 Å². The number of hydrogen-bond acceptors (Lipinski definition) is 5. The molecular weight excluding hydrogens is 318 g/mol. The Hall–Kier alpha value is -2.12. The van der Waals surface area contributed by atoms with E-state index in [4.69, 9.17) is 0 Å². The Morgan fingerprint density at radius 1 is 1.09 bits per heavy atom. The van der Waals surface area contributed by atoms with Gasteiger partial charge in [-0.25, -0.2) is 18.4 Å². The van der Waals surface area contributed by atoms with Crippen molar-refractivity contribution in [1.82, 2.24) is 9.97 Å². The molecule has 5 nitrogen and oxygen atoms in total. The first-order valence-electron chi connectivity index (χ1n) is 6.40. The van der Waals surface area contributed by atoms with Crippen LogP contribution in [0.5, 0.6) is 0 Å². The van der Waals surface area contributed by atoms with Gasteiger partial charge in [0, 0.05) is 16.0 Å². The standard InChI is InChI=1S/C15H12N3O2S2/c1-22(19,20)18-12-6-8-13(9-7-12)21-15-16-10-11-4-2-3-5-14(11)17-15/h2-9,18H,1H3. The number of benzene rings is 2. The number of anilines is 1. The third kappa shape index (κ3) is 3.75.